The average molecular weight is 205 g/mol. The van der Waals surface area contributed by atoms with Gasteiger partial charge in [0.15, 0.2) is 0 Å². The van der Waals surface area contributed by atoms with Crippen LogP contribution in [0.3, 0.4) is 0 Å². The second-order valence-corrected chi connectivity index (χ2v) is 2.97. The van der Waals surface area contributed by atoms with Crippen LogP contribution in [0, 0.1) is 0 Å². The zero-order valence-corrected chi connectivity index (χ0v) is 7.31. The van der Waals surface area contributed by atoms with Crippen molar-refractivity contribution in [2.75, 3.05) is 0 Å². The summed E-state index contributed by atoms with van der Waals surface area (Å²) in [6.45, 7) is -4.85. The minimum atomic E-state index is -4.85. The maximum absolute atomic E-state index is 11.8. The summed E-state index contributed by atoms with van der Waals surface area (Å²) in [4.78, 5) is 0. The van der Waals surface area contributed by atoms with Gasteiger partial charge in [0.25, 0.3) is 0 Å². The van der Waals surface area contributed by atoms with Gasteiger partial charge in [0.1, 0.15) is 0 Å². The molecule has 0 saturated heterocycles. The highest BCUT2D eigenvalue weighted by Gasteiger charge is 2.16. The molecule has 0 aromatic heterocycles. The third-order valence-corrected chi connectivity index (χ3v) is 1.63. The second-order valence-electron chi connectivity index (χ2n) is 2.54. The highest BCUT2D eigenvalue weighted by Crippen LogP contribution is 2.14. The van der Waals surface area contributed by atoms with Crippen molar-refractivity contribution in [3.63, 3.8) is 0 Å². The van der Waals surface area contributed by atoms with Gasteiger partial charge in [0.05, 0.1) is 0 Å². The highest BCUT2D eigenvalue weighted by atomic mass is 35.5. The summed E-state index contributed by atoms with van der Waals surface area (Å²) in [5.41, 5.74) is 0.489. The Morgan fingerprint density at radius 2 is 1.62 bits per heavy atom. The quantitative estimate of drug-likeness (QED) is 0.645. The van der Waals surface area contributed by atoms with E-state index in [1.807, 2.05) is 0 Å². The topological polar surface area (TPSA) is 0 Å². The van der Waals surface area contributed by atoms with Crippen molar-refractivity contribution < 1.29 is 12.9 Å². The minimum Gasteiger partial charge on any atom is -0.445 e. The van der Waals surface area contributed by atoms with Crippen molar-refractivity contribution in [2.45, 2.75) is 0 Å². The Labute approximate surface area is 79.1 Å². The first kappa shape index (κ1) is 10.2. The van der Waals surface area contributed by atoms with Gasteiger partial charge in [-0.2, -0.15) is 0 Å². The van der Waals surface area contributed by atoms with Crippen molar-refractivity contribution in [3.8, 4) is 0 Å². The summed E-state index contributed by atoms with van der Waals surface area (Å²) in [5, 5.41) is 0.509. The van der Waals surface area contributed by atoms with Crippen LogP contribution in [0.2, 0.25) is 5.02 Å². The molecule has 0 bridgehead atoms. The van der Waals surface area contributed by atoms with Crippen LogP contribution in [0.25, 0.3) is 6.08 Å². The largest absolute Gasteiger partial charge is 0.502 e. The normalized spacial score (nSPS) is 12.3. The molecule has 0 amide bonds. The van der Waals surface area contributed by atoms with E-state index in [1.165, 1.54) is 12.1 Å². The molecular weight excluding hydrogens is 199 g/mol. The van der Waals surface area contributed by atoms with Gasteiger partial charge in [-0.25, -0.2) is 0 Å². The van der Waals surface area contributed by atoms with Crippen LogP contribution in [0.5, 0.6) is 0 Å². The van der Waals surface area contributed by atoms with Gasteiger partial charge in [-0.3, -0.25) is 0 Å². The number of benzene rings is 1. The first-order chi connectivity index (χ1) is 5.97. The van der Waals surface area contributed by atoms with E-state index >= 15 is 0 Å². The Kier molecular flexibility index (Phi) is 3.04. The fraction of sp³-hybridized carbons (Fsp3) is 0. The summed E-state index contributed by atoms with van der Waals surface area (Å²) >= 11 is 5.56. The van der Waals surface area contributed by atoms with Gasteiger partial charge < -0.3 is 12.9 Å². The number of rotatable bonds is 2. The molecule has 0 nitrogen and oxygen atoms in total. The Bertz CT molecular complexity index is 302. The van der Waals surface area contributed by atoms with E-state index in [0.717, 1.165) is 6.08 Å². The average Bonchev–Trinajstić information content (AvgIpc) is 2.02. The van der Waals surface area contributed by atoms with Crippen LogP contribution in [0.15, 0.2) is 30.2 Å². The van der Waals surface area contributed by atoms with E-state index in [-0.39, 0.29) is 5.98 Å². The maximum Gasteiger partial charge on any atom is 0.502 e. The van der Waals surface area contributed by atoms with Crippen LogP contribution in [0.1, 0.15) is 5.56 Å². The third-order valence-electron chi connectivity index (χ3n) is 1.38. The molecule has 0 aliphatic rings. The standard InChI is InChI=1S/C8H6BClF3/c10-8-3-1-7(2-4-8)5-6-9(11,12)13/h1-6H/q-1/b6-5+. The number of halogens is 4. The van der Waals surface area contributed by atoms with Crippen LogP contribution in [0.4, 0.5) is 12.9 Å². The Hall–Kier alpha value is -0.895. The van der Waals surface area contributed by atoms with Crippen molar-refractivity contribution in [3.05, 3.63) is 40.8 Å². The van der Waals surface area contributed by atoms with E-state index in [1.54, 1.807) is 12.1 Å². The van der Waals surface area contributed by atoms with Crippen molar-refractivity contribution in [1.82, 2.24) is 0 Å². The molecule has 13 heavy (non-hydrogen) atoms. The highest BCUT2D eigenvalue weighted by molar-refractivity contribution is 6.64. The molecule has 5 heteroatoms. The van der Waals surface area contributed by atoms with E-state index in [2.05, 4.69) is 0 Å². The van der Waals surface area contributed by atoms with Gasteiger partial charge in [-0.1, -0.05) is 29.8 Å². The zero-order valence-electron chi connectivity index (χ0n) is 6.55. The summed E-state index contributed by atoms with van der Waals surface area (Å²) in [6.07, 6.45) is 1.02. The lowest BCUT2D eigenvalue weighted by atomic mass is 9.91. The van der Waals surface area contributed by atoms with Crippen LogP contribution >= 0.6 is 11.6 Å². The van der Waals surface area contributed by atoms with Crippen LogP contribution in [-0.2, 0) is 0 Å². The lowest BCUT2D eigenvalue weighted by Crippen LogP contribution is -2.09. The molecule has 0 radical (unpaired) electrons. The summed E-state index contributed by atoms with van der Waals surface area (Å²) < 4.78 is 35.3. The molecule has 0 unspecified atom stereocenters. The number of hydrogen-bond donors (Lipinski definition) is 0. The van der Waals surface area contributed by atoms with E-state index in [4.69, 9.17) is 11.6 Å². The lowest BCUT2D eigenvalue weighted by molar-refractivity contribution is 0.499. The summed E-state index contributed by atoms with van der Waals surface area (Å²) in [5.74, 6) is 0.253. The van der Waals surface area contributed by atoms with Crippen molar-refractivity contribution in [1.29, 1.82) is 0 Å². The molecule has 1 rings (SSSR count). The molecule has 0 aliphatic carbocycles. The molecule has 1 aromatic carbocycles. The van der Waals surface area contributed by atoms with Gasteiger partial charge in [0.2, 0.25) is 0 Å². The predicted octanol–water partition coefficient (Wildman–Crippen LogP) is 3.74. The fourth-order valence-corrected chi connectivity index (χ4v) is 0.920. The van der Waals surface area contributed by atoms with Crippen molar-refractivity contribution in [2.24, 2.45) is 0 Å². The molecular formula is C8H6BClF3-. The molecule has 0 atom stereocenters. The Balaban J connectivity index is 2.75. The number of hydrogen-bond acceptors (Lipinski definition) is 0. The maximum atomic E-state index is 11.8. The second kappa shape index (κ2) is 3.88. The Morgan fingerprint density at radius 1 is 1.08 bits per heavy atom. The van der Waals surface area contributed by atoms with Gasteiger partial charge >= 0.3 is 6.98 Å². The molecule has 0 aliphatic heterocycles. The summed E-state index contributed by atoms with van der Waals surface area (Å²) in [6, 6.07) is 6.15. The molecule has 0 saturated carbocycles. The van der Waals surface area contributed by atoms with Gasteiger partial charge in [-0.15, -0.1) is 5.98 Å². The molecule has 0 spiro atoms. The lowest BCUT2D eigenvalue weighted by Gasteiger charge is -2.05. The van der Waals surface area contributed by atoms with Gasteiger partial charge in [-0.05, 0) is 17.7 Å². The molecule has 0 fully saturated rings. The van der Waals surface area contributed by atoms with E-state index < -0.39 is 6.98 Å². The van der Waals surface area contributed by atoms with E-state index in [9.17, 15) is 12.9 Å². The smallest absolute Gasteiger partial charge is 0.445 e. The predicted molar refractivity (Wildman–Crippen MR) is 49.6 cm³/mol. The third kappa shape index (κ3) is 4.03. The Morgan fingerprint density at radius 3 is 2.08 bits per heavy atom. The molecule has 0 heterocycles. The monoisotopic (exact) mass is 205 g/mol. The first-order valence-electron chi connectivity index (χ1n) is 3.62. The molecule has 1 aromatic rings. The van der Waals surface area contributed by atoms with E-state index in [0.29, 0.717) is 10.6 Å². The van der Waals surface area contributed by atoms with Crippen LogP contribution < -0.4 is 0 Å². The first-order valence-corrected chi connectivity index (χ1v) is 4.00. The fourth-order valence-electron chi connectivity index (χ4n) is 0.794. The van der Waals surface area contributed by atoms with Gasteiger partial charge in [0, 0.05) is 5.02 Å². The SMILES string of the molecule is F[B-](F)(F)/C=C/c1ccc(Cl)cc1. The summed E-state index contributed by atoms with van der Waals surface area (Å²) in [7, 11) is 0. The van der Waals surface area contributed by atoms with Crippen molar-refractivity contribution >= 4 is 24.7 Å². The molecule has 70 valence electrons. The zero-order chi connectivity index (χ0) is 9.90. The molecule has 0 N–H and O–H groups in total. The van der Waals surface area contributed by atoms with Crippen LogP contribution in [-0.4, -0.2) is 6.98 Å². The minimum absolute atomic E-state index is 0.253.